The normalized spacial score (nSPS) is 14.4. The number of amides is 1. The number of benzene rings is 1. The van der Waals surface area contributed by atoms with Gasteiger partial charge >= 0.3 is 0 Å². The van der Waals surface area contributed by atoms with E-state index in [-0.39, 0.29) is 30.7 Å². The third-order valence-electron chi connectivity index (χ3n) is 4.01. The van der Waals surface area contributed by atoms with Gasteiger partial charge in [0.2, 0.25) is 11.9 Å². The molecule has 1 amide bonds. The SMILES string of the molecule is CNC(=O)CN1CCN(c2nccn2-c2cccc(Cl)c2)CC1.Cl.Cl. The molecule has 1 fully saturated rings. The van der Waals surface area contributed by atoms with E-state index in [0.717, 1.165) is 37.8 Å². The molecule has 1 aliphatic heterocycles. The van der Waals surface area contributed by atoms with E-state index in [2.05, 4.69) is 20.1 Å². The summed E-state index contributed by atoms with van der Waals surface area (Å²) in [6, 6.07) is 7.73. The molecule has 0 spiro atoms. The summed E-state index contributed by atoms with van der Waals surface area (Å²) >= 11 is 6.09. The zero-order chi connectivity index (χ0) is 16.2. The van der Waals surface area contributed by atoms with E-state index >= 15 is 0 Å². The van der Waals surface area contributed by atoms with E-state index < -0.39 is 0 Å². The minimum absolute atomic E-state index is 0. The van der Waals surface area contributed by atoms with Crippen molar-refractivity contribution in [3.63, 3.8) is 0 Å². The fraction of sp³-hybridized carbons (Fsp3) is 0.375. The van der Waals surface area contributed by atoms with Crippen LogP contribution in [0.25, 0.3) is 5.69 Å². The van der Waals surface area contributed by atoms with Crippen LogP contribution in [0.3, 0.4) is 0 Å². The molecule has 9 heteroatoms. The molecule has 138 valence electrons. The summed E-state index contributed by atoms with van der Waals surface area (Å²) in [7, 11) is 1.67. The van der Waals surface area contributed by atoms with Gasteiger partial charge in [-0.25, -0.2) is 4.98 Å². The van der Waals surface area contributed by atoms with E-state index in [9.17, 15) is 4.79 Å². The quantitative estimate of drug-likeness (QED) is 0.846. The molecule has 1 aromatic carbocycles. The number of likely N-dealkylation sites (N-methyl/N-ethyl adjacent to an activating group) is 1. The van der Waals surface area contributed by atoms with Gasteiger partial charge in [0.15, 0.2) is 0 Å². The number of nitrogens with zero attached hydrogens (tertiary/aromatic N) is 4. The molecule has 2 heterocycles. The molecule has 0 saturated carbocycles. The van der Waals surface area contributed by atoms with Crippen molar-refractivity contribution in [1.29, 1.82) is 0 Å². The maximum absolute atomic E-state index is 11.5. The molecule has 0 aliphatic carbocycles. The van der Waals surface area contributed by atoms with Crippen LogP contribution in [0.4, 0.5) is 5.95 Å². The third-order valence-corrected chi connectivity index (χ3v) is 4.24. The van der Waals surface area contributed by atoms with Gasteiger partial charge in [0.05, 0.1) is 6.54 Å². The molecule has 3 rings (SSSR count). The molecule has 25 heavy (non-hydrogen) atoms. The Morgan fingerprint density at radius 3 is 2.60 bits per heavy atom. The Bertz CT molecular complexity index is 686. The predicted molar refractivity (Wildman–Crippen MR) is 106 cm³/mol. The van der Waals surface area contributed by atoms with Crippen molar-refractivity contribution < 1.29 is 4.79 Å². The molecule has 1 aromatic heterocycles. The first-order valence-electron chi connectivity index (χ1n) is 7.64. The number of anilines is 1. The molecule has 1 aliphatic rings. The van der Waals surface area contributed by atoms with Gasteiger partial charge in [-0.1, -0.05) is 17.7 Å². The van der Waals surface area contributed by atoms with Crippen molar-refractivity contribution in [2.75, 3.05) is 44.7 Å². The number of halogens is 3. The van der Waals surface area contributed by atoms with Crippen LogP contribution in [0, 0.1) is 0 Å². The zero-order valence-electron chi connectivity index (χ0n) is 13.9. The van der Waals surface area contributed by atoms with Crippen molar-refractivity contribution in [3.8, 4) is 5.69 Å². The van der Waals surface area contributed by atoms with Crippen LogP contribution < -0.4 is 10.2 Å². The van der Waals surface area contributed by atoms with Gasteiger partial charge in [0.1, 0.15) is 0 Å². The Hall–Kier alpha value is -1.47. The fourth-order valence-corrected chi connectivity index (χ4v) is 2.93. The van der Waals surface area contributed by atoms with E-state index in [1.807, 2.05) is 35.0 Å². The average molecular weight is 407 g/mol. The van der Waals surface area contributed by atoms with Crippen molar-refractivity contribution in [1.82, 2.24) is 19.8 Å². The van der Waals surface area contributed by atoms with Crippen LogP contribution in [-0.2, 0) is 4.79 Å². The van der Waals surface area contributed by atoms with Crippen LogP contribution in [0.2, 0.25) is 5.02 Å². The Morgan fingerprint density at radius 1 is 1.24 bits per heavy atom. The molecule has 0 unspecified atom stereocenters. The monoisotopic (exact) mass is 405 g/mol. The van der Waals surface area contributed by atoms with Crippen molar-refractivity contribution in [3.05, 3.63) is 41.7 Å². The van der Waals surface area contributed by atoms with Crippen LogP contribution in [0.15, 0.2) is 36.7 Å². The molecule has 0 radical (unpaired) electrons. The highest BCUT2D eigenvalue weighted by atomic mass is 35.5. The van der Waals surface area contributed by atoms with Gasteiger partial charge in [0.25, 0.3) is 0 Å². The highest BCUT2D eigenvalue weighted by Crippen LogP contribution is 2.21. The number of carbonyl (C=O) groups excluding carboxylic acids is 1. The van der Waals surface area contributed by atoms with Crippen LogP contribution in [-0.4, -0.2) is 60.1 Å². The van der Waals surface area contributed by atoms with Gasteiger partial charge in [0, 0.05) is 56.3 Å². The fourth-order valence-electron chi connectivity index (χ4n) is 2.75. The van der Waals surface area contributed by atoms with Crippen LogP contribution in [0.5, 0.6) is 0 Å². The first-order chi connectivity index (χ1) is 11.2. The third kappa shape index (κ3) is 5.25. The number of piperazine rings is 1. The summed E-state index contributed by atoms with van der Waals surface area (Å²) in [6.07, 6.45) is 3.74. The number of rotatable bonds is 4. The van der Waals surface area contributed by atoms with E-state index in [4.69, 9.17) is 11.6 Å². The minimum Gasteiger partial charge on any atom is -0.358 e. The van der Waals surface area contributed by atoms with Crippen molar-refractivity contribution in [2.45, 2.75) is 0 Å². The second-order valence-electron chi connectivity index (χ2n) is 5.51. The van der Waals surface area contributed by atoms with Gasteiger partial charge in [-0.3, -0.25) is 14.3 Å². The predicted octanol–water partition coefficient (Wildman–Crippen LogP) is 2.24. The molecule has 1 saturated heterocycles. The standard InChI is InChI=1S/C16H20ClN5O.2ClH/c1-18-15(23)12-20-7-9-21(10-8-20)16-19-5-6-22(16)14-4-2-3-13(17)11-14;;/h2-6,11H,7-10,12H2,1H3,(H,18,23);2*1H. The lowest BCUT2D eigenvalue weighted by Gasteiger charge is -2.35. The van der Waals surface area contributed by atoms with Gasteiger partial charge < -0.3 is 10.2 Å². The van der Waals surface area contributed by atoms with E-state index in [1.54, 1.807) is 13.2 Å². The lowest BCUT2D eigenvalue weighted by atomic mass is 10.3. The number of nitrogens with one attached hydrogen (secondary N) is 1. The number of aromatic nitrogens is 2. The Kier molecular flexibility index (Phi) is 8.52. The highest BCUT2D eigenvalue weighted by Gasteiger charge is 2.21. The zero-order valence-corrected chi connectivity index (χ0v) is 16.3. The Morgan fingerprint density at radius 2 is 1.96 bits per heavy atom. The summed E-state index contributed by atoms with van der Waals surface area (Å²) < 4.78 is 2.04. The molecule has 6 nitrogen and oxygen atoms in total. The summed E-state index contributed by atoms with van der Waals surface area (Å²) in [5.41, 5.74) is 0.998. The lowest BCUT2D eigenvalue weighted by Crippen LogP contribution is -2.49. The first kappa shape index (κ1) is 21.6. The molecular formula is C16H22Cl3N5O. The second-order valence-corrected chi connectivity index (χ2v) is 5.95. The minimum atomic E-state index is 0. The lowest BCUT2D eigenvalue weighted by molar-refractivity contribution is -0.121. The number of hydrogen-bond acceptors (Lipinski definition) is 4. The summed E-state index contributed by atoms with van der Waals surface area (Å²) in [4.78, 5) is 20.4. The maximum atomic E-state index is 11.5. The summed E-state index contributed by atoms with van der Waals surface area (Å²) in [5, 5.41) is 3.37. The van der Waals surface area contributed by atoms with Gasteiger partial charge in [-0.05, 0) is 18.2 Å². The largest absolute Gasteiger partial charge is 0.358 e. The molecule has 2 aromatic rings. The Balaban J connectivity index is 0.00000156. The average Bonchev–Trinajstić information content (AvgIpc) is 3.05. The smallest absolute Gasteiger partial charge is 0.233 e. The summed E-state index contributed by atoms with van der Waals surface area (Å²) in [5.74, 6) is 0.964. The van der Waals surface area contributed by atoms with Crippen molar-refractivity contribution in [2.24, 2.45) is 0 Å². The van der Waals surface area contributed by atoms with Crippen LogP contribution in [0.1, 0.15) is 0 Å². The first-order valence-corrected chi connectivity index (χ1v) is 8.02. The number of hydrogen-bond donors (Lipinski definition) is 1. The highest BCUT2D eigenvalue weighted by molar-refractivity contribution is 6.30. The maximum Gasteiger partial charge on any atom is 0.233 e. The van der Waals surface area contributed by atoms with E-state index in [0.29, 0.717) is 11.6 Å². The Labute approximate surface area is 165 Å². The van der Waals surface area contributed by atoms with Crippen molar-refractivity contribution >= 4 is 48.3 Å². The number of imidazole rings is 1. The number of carbonyl (C=O) groups is 1. The molecule has 0 atom stereocenters. The second kappa shape index (κ2) is 9.87. The van der Waals surface area contributed by atoms with E-state index in [1.165, 1.54) is 0 Å². The topological polar surface area (TPSA) is 53.4 Å². The van der Waals surface area contributed by atoms with Gasteiger partial charge in [-0.2, -0.15) is 0 Å². The van der Waals surface area contributed by atoms with Gasteiger partial charge in [-0.15, -0.1) is 24.8 Å². The van der Waals surface area contributed by atoms with Crippen LogP contribution >= 0.6 is 36.4 Å². The molecular weight excluding hydrogens is 385 g/mol. The molecule has 0 bridgehead atoms. The summed E-state index contributed by atoms with van der Waals surface area (Å²) in [6.45, 7) is 3.82. The molecule has 1 N–H and O–H groups in total.